The van der Waals surface area contributed by atoms with Crippen LogP contribution in [0.4, 0.5) is 5.69 Å². The molecular formula is C25H28N2O12. The van der Waals surface area contributed by atoms with Gasteiger partial charge in [-0.25, -0.2) is 4.79 Å². The third kappa shape index (κ3) is 6.54. The molecule has 0 spiro atoms. The Morgan fingerprint density at radius 2 is 1.90 bits per heavy atom. The summed E-state index contributed by atoms with van der Waals surface area (Å²) in [6.45, 7) is -0.0421. The van der Waals surface area contributed by atoms with E-state index in [2.05, 4.69) is 4.99 Å². The summed E-state index contributed by atoms with van der Waals surface area (Å²) in [6.07, 6.45) is -1.38. The number of rotatable bonds is 9. The zero-order chi connectivity index (χ0) is 28.3. The van der Waals surface area contributed by atoms with Gasteiger partial charge in [0.2, 0.25) is 6.29 Å². The van der Waals surface area contributed by atoms with E-state index in [4.69, 9.17) is 19.3 Å². The molecule has 0 aliphatic carbocycles. The number of hydrogen-bond donors (Lipinski definition) is 6. The number of fused-ring (bicyclic) bond motifs is 1. The summed E-state index contributed by atoms with van der Waals surface area (Å²) < 4.78 is 15.9. The number of dihydropyridines is 1. The van der Waals surface area contributed by atoms with Gasteiger partial charge >= 0.3 is 17.9 Å². The van der Waals surface area contributed by atoms with E-state index in [0.29, 0.717) is 18.7 Å². The van der Waals surface area contributed by atoms with Gasteiger partial charge in [0.1, 0.15) is 37.4 Å². The topological polar surface area (TPSA) is 216 Å². The predicted octanol–water partition coefficient (Wildman–Crippen LogP) is -0.673. The molecule has 3 aliphatic heterocycles. The van der Waals surface area contributed by atoms with Crippen LogP contribution in [0, 0.1) is 0 Å². The molecule has 0 unspecified atom stereocenters. The number of anilines is 1. The molecule has 4 rings (SSSR count). The Labute approximate surface area is 221 Å². The van der Waals surface area contributed by atoms with E-state index in [9.17, 15) is 39.9 Å². The van der Waals surface area contributed by atoms with E-state index in [1.54, 1.807) is 24.4 Å². The fourth-order valence-electron chi connectivity index (χ4n) is 4.35. The molecule has 0 saturated carbocycles. The van der Waals surface area contributed by atoms with Crippen molar-refractivity contribution >= 4 is 29.8 Å². The zero-order valence-electron chi connectivity index (χ0n) is 20.5. The highest BCUT2D eigenvalue weighted by Crippen LogP contribution is 2.39. The van der Waals surface area contributed by atoms with Gasteiger partial charge in [-0.05, 0) is 35.8 Å². The van der Waals surface area contributed by atoms with Gasteiger partial charge in [-0.1, -0.05) is 0 Å². The maximum atomic E-state index is 11.5. The number of nitrogens with zero attached hydrogens (tertiary/aromatic N) is 2. The predicted molar refractivity (Wildman–Crippen MR) is 131 cm³/mol. The van der Waals surface area contributed by atoms with Crippen LogP contribution < -0.4 is 9.64 Å². The number of allylic oxidation sites excluding steroid dienone is 2. The molecule has 210 valence electrons. The lowest BCUT2D eigenvalue weighted by atomic mass is 9.99. The third-order valence-electron chi connectivity index (χ3n) is 6.44. The van der Waals surface area contributed by atoms with Crippen molar-refractivity contribution in [2.45, 2.75) is 56.0 Å². The molecule has 0 radical (unpaired) electrons. The van der Waals surface area contributed by atoms with Gasteiger partial charge in [-0.2, -0.15) is 0 Å². The standard InChI is InChI=1S/C25H28N2O12/c28-16-9-15-13(3-6-27(15)5-2-12-1-4-26-14(7-12)24(35)36)8-17(16)38-25-23(34)22(33)21(32)18(39-25)11-37-20(31)10-19(29)30/h1-2,4-5,8-9,14,18,21-23,25,28,32-34H,3,6-7,10-11H2,(H,29,30)(H,35,36)/b5-2+/t14-,18+,21+,22-,23+,25+/m0/s1. The maximum Gasteiger partial charge on any atom is 0.328 e. The minimum Gasteiger partial charge on any atom is -0.504 e. The number of ether oxygens (including phenoxy) is 3. The van der Waals surface area contributed by atoms with E-state index in [1.165, 1.54) is 12.3 Å². The van der Waals surface area contributed by atoms with E-state index >= 15 is 0 Å². The first-order valence-electron chi connectivity index (χ1n) is 12.0. The van der Waals surface area contributed by atoms with Crippen LogP contribution in [-0.2, 0) is 30.3 Å². The molecule has 0 amide bonds. The minimum atomic E-state index is -1.75. The van der Waals surface area contributed by atoms with Crippen LogP contribution in [0.25, 0.3) is 0 Å². The molecule has 1 saturated heterocycles. The number of aliphatic hydroxyl groups excluding tert-OH is 3. The highest BCUT2D eigenvalue weighted by Gasteiger charge is 2.46. The molecule has 0 bridgehead atoms. The van der Waals surface area contributed by atoms with Crippen LogP contribution in [0.15, 0.2) is 41.1 Å². The summed E-state index contributed by atoms with van der Waals surface area (Å²) in [7, 11) is 0. The Morgan fingerprint density at radius 3 is 2.62 bits per heavy atom. The Kier molecular flexibility index (Phi) is 8.50. The first-order valence-corrected chi connectivity index (χ1v) is 12.0. The second kappa shape index (κ2) is 11.8. The third-order valence-corrected chi connectivity index (χ3v) is 6.44. The van der Waals surface area contributed by atoms with Crippen LogP contribution in [-0.4, -0.2) is 105 Å². The van der Waals surface area contributed by atoms with Crippen LogP contribution in [0.3, 0.4) is 0 Å². The number of benzene rings is 1. The van der Waals surface area contributed by atoms with Crippen molar-refractivity contribution in [1.82, 2.24) is 0 Å². The average molecular weight is 549 g/mol. The van der Waals surface area contributed by atoms with Crippen molar-refractivity contribution in [1.29, 1.82) is 0 Å². The van der Waals surface area contributed by atoms with Gasteiger partial charge in [-0.15, -0.1) is 0 Å². The fourth-order valence-corrected chi connectivity index (χ4v) is 4.35. The Morgan fingerprint density at radius 1 is 1.13 bits per heavy atom. The lowest BCUT2D eigenvalue weighted by Crippen LogP contribution is -2.60. The molecule has 6 atom stereocenters. The van der Waals surface area contributed by atoms with Crippen LogP contribution >= 0.6 is 0 Å². The molecule has 14 nitrogen and oxygen atoms in total. The number of aliphatic imine (C=N–C) groups is 1. The van der Waals surface area contributed by atoms with Crippen molar-refractivity contribution in [2.75, 3.05) is 18.1 Å². The SMILES string of the molecule is O=C(O)CC(=O)OC[C@H]1O[C@@H](Oc2cc3c(cc2O)N(/C=C/C2=CC=N[C@H](C(=O)O)C2)CC3)[C@H](O)[C@@H](O)[C@@H]1O. The number of carboxylic acid groups (broad SMARTS) is 2. The zero-order valence-corrected chi connectivity index (χ0v) is 20.5. The molecular weight excluding hydrogens is 520 g/mol. The number of carbonyl (C=O) groups excluding carboxylic acids is 1. The second-order valence-electron chi connectivity index (χ2n) is 9.19. The number of phenols is 1. The Balaban J connectivity index is 1.43. The minimum absolute atomic E-state index is 0.0654. The summed E-state index contributed by atoms with van der Waals surface area (Å²) in [5.74, 6) is -3.86. The number of phenolic OH excluding ortho intramolecular Hbond substituents is 1. The van der Waals surface area contributed by atoms with Crippen LogP contribution in [0.2, 0.25) is 0 Å². The Hall–Kier alpha value is -3.98. The average Bonchev–Trinajstić information content (AvgIpc) is 3.28. The van der Waals surface area contributed by atoms with Gasteiger partial charge in [0, 0.05) is 37.1 Å². The first kappa shape index (κ1) is 28.0. The monoisotopic (exact) mass is 548 g/mol. The number of esters is 1. The molecule has 1 aromatic carbocycles. The lowest BCUT2D eigenvalue weighted by Gasteiger charge is -2.40. The quantitative estimate of drug-likeness (QED) is 0.167. The first-order chi connectivity index (χ1) is 18.5. The van der Waals surface area contributed by atoms with Gasteiger partial charge in [-0.3, -0.25) is 14.6 Å². The largest absolute Gasteiger partial charge is 0.504 e. The van der Waals surface area contributed by atoms with Gasteiger partial charge in [0.25, 0.3) is 0 Å². The normalized spacial score (nSPS) is 28.2. The molecule has 0 aromatic heterocycles. The van der Waals surface area contributed by atoms with E-state index < -0.39 is 67.7 Å². The molecule has 1 aromatic rings. The van der Waals surface area contributed by atoms with Crippen molar-refractivity contribution in [3.8, 4) is 11.5 Å². The van der Waals surface area contributed by atoms with Crippen molar-refractivity contribution in [3.05, 3.63) is 41.6 Å². The van der Waals surface area contributed by atoms with Crippen molar-refractivity contribution in [2.24, 2.45) is 4.99 Å². The van der Waals surface area contributed by atoms with Crippen molar-refractivity contribution in [3.63, 3.8) is 0 Å². The van der Waals surface area contributed by atoms with E-state index in [0.717, 1.165) is 11.1 Å². The van der Waals surface area contributed by atoms with Crippen LogP contribution in [0.1, 0.15) is 18.4 Å². The summed E-state index contributed by atoms with van der Waals surface area (Å²) in [4.78, 5) is 39.1. The summed E-state index contributed by atoms with van der Waals surface area (Å²) in [5.41, 5.74) is 2.25. The van der Waals surface area contributed by atoms with Crippen molar-refractivity contribution < 1.29 is 59.2 Å². The number of aliphatic carboxylic acids is 2. The van der Waals surface area contributed by atoms with Gasteiger partial charge in [0.15, 0.2) is 17.5 Å². The Bertz CT molecular complexity index is 1210. The lowest BCUT2D eigenvalue weighted by molar-refractivity contribution is -0.278. The van der Waals surface area contributed by atoms with E-state index in [1.807, 2.05) is 4.90 Å². The summed E-state index contributed by atoms with van der Waals surface area (Å²) >= 11 is 0. The summed E-state index contributed by atoms with van der Waals surface area (Å²) in [6, 6.07) is 2.16. The molecule has 14 heteroatoms. The number of aromatic hydroxyl groups is 1. The molecule has 1 fully saturated rings. The number of carboxylic acids is 2. The van der Waals surface area contributed by atoms with Gasteiger partial charge in [0.05, 0.1) is 0 Å². The second-order valence-corrected chi connectivity index (χ2v) is 9.19. The highest BCUT2D eigenvalue weighted by atomic mass is 16.7. The fraction of sp³-hybridized carbons (Fsp3) is 0.440. The number of carbonyl (C=O) groups is 3. The number of hydrogen-bond acceptors (Lipinski definition) is 12. The highest BCUT2D eigenvalue weighted by molar-refractivity contribution is 5.90. The van der Waals surface area contributed by atoms with Crippen LogP contribution in [0.5, 0.6) is 11.5 Å². The maximum absolute atomic E-state index is 11.5. The number of aliphatic hydroxyl groups is 3. The summed E-state index contributed by atoms with van der Waals surface area (Å²) in [5, 5.41) is 59.2. The molecule has 6 N–H and O–H groups in total. The van der Waals surface area contributed by atoms with Gasteiger partial charge < -0.3 is 49.7 Å². The van der Waals surface area contributed by atoms with E-state index in [-0.39, 0.29) is 17.9 Å². The smallest absolute Gasteiger partial charge is 0.328 e. The molecule has 3 aliphatic rings. The molecule has 3 heterocycles. The molecule has 39 heavy (non-hydrogen) atoms.